The SMILES string of the molecule is CS(=O)(=O)NCC1CCN(CC=Cc2ccc(F)cc2)C1. The van der Waals surface area contributed by atoms with Crippen LogP contribution in [0.1, 0.15) is 12.0 Å². The smallest absolute Gasteiger partial charge is 0.208 e. The molecule has 1 unspecified atom stereocenters. The Labute approximate surface area is 125 Å². The minimum Gasteiger partial charge on any atom is -0.299 e. The van der Waals surface area contributed by atoms with Gasteiger partial charge >= 0.3 is 0 Å². The number of hydrogen-bond acceptors (Lipinski definition) is 3. The van der Waals surface area contributed by atoms with E-state index < -0.39 is 10.0 Å². The molecule has 0 bridgehead atoms. The number of rotatable bonds is 6. The van der Waals surface area contributed by atoms with Crippen LogP contribution >= 0.6 is 0 Å². The van der Waals surface area contributed by atoms with Crippen LogP contribution in [0.15, 0.2) is 30.3 Å². The molecule has 2 rings (SSSR count). The summed E-state index contributed by atoms with van der Waals surface area (Å²) in [6.45, 7) is 3.21. The van der Waals surface area contributed by atoms with Gasteiger partial charge in [0, 0.05) is 19.6 Å². The third kappa shape index (κ3) is 5.95. The Kier molecular flexibility index (Phi) is 5.50. The van der Waals surface area contributed by atoms with Gasteiger partial charge in [-0.15, -0.1) is 0 Å². The van der Waals surface area contributed by atoms with Crippen molar-refractivity contribution >= 4 is 16.1 Å². The number of likely N-dealkylation sites (tertiary alicyclic amines) is 1. The number of hydrogen-bond donors (Lipinski definition) is 1. The zero-order valence-corrected chi connectivity index (χ0v) is 12.9. The Balaban J connectivity index is 1.74. The van der Waals surface area contributed by atoms with Crippen molar-refractivity contribution < 1.29 is 12.8 Å². The summed E-state index contributed by atoms with van der Waals surface area (Å²) in [5.41, 5.74) is 0.978. The lowest BCUT2D eigenvalue weighted by Crippen LogP contribution is -2.30. The molecule has 6 heteroatoms. The van der Waals surface area contributed by atoms with Crippen molar-refractivity contribution in [3.63, 3.8) is 0 Å². The van der Waals surface area contributed by atoms with Crippen LogP contribution in [0.4, 0.5) is 4.39 Å². The summed E-state index contributed by atoms with van der Waals surface area (Å²) >= 11 is 0. The summed E-state index contributed by atoms with van der Waals surface area (Å²) in [5, 5.41) is 0. The van der Waals surface area contributed by atoms with E-state index in [4.69, 9.17) is 0 Å². The number of benzene rings is 1. The number of nitrogens with one attached hydrogen (secondary N) is 1. The van der Waals surface area contributed by atoms with Crippen LogP contribution in [0.3, 0.4) is 0 Å². The van der Waals surface area contributed by atoms with Gasteiger partial charge in [0.05, 0.1) is 6.26 Å². The molecule has 1 heterocycles. The van der Waals surface area contributed by atoms with Gasteiger partial charge < -0.3 is 0 Å². The predicted molar refractivity (Wildman–Crippen MR) is 82.8 cm³/mol. The van der Waals surface area contributed by atoms with Crippen LogP contribution in [0.25, 0.3) is 6.08 Å². The van der Waals surface area contributed by atoms with Gasteiger partial charge in [-0.25, -0.2) is 17.5 Å². The van der Waals surface area contributed by atoms with Gasteiger partial charge in [0.2, 0.25) is 10.0 Å². The predicted octanol–water partition coefficient (Wildman–Crippen LogP) is 1.71. The zero-order chi connectivity index (χ0) is 15.3. The Bertz CT molecular complexity index is 584. The maximum absolute atomic E-state index is 12.8. The number of nitrogens with zero attached hydrogens (tertiary/aromatic N) is 1. The summed E-state index contributed by atoms with van der Waals surface area (Å²) in [4.78, 5) is 2.29. The normalized spacial score (nSPS) is 20.4. The molecule has 0 amide bonds. The molecule has 1 aromatic rings. The molecule has 116 valence electrons. The summed E-state index contributed by atoms with van der Waals surface area (Å²) < 4.78 is 37.5. The van der Waals surface area contributed by atoms with Crippen LogP contribution in [0.5, 0.6) is 0 Å². The van der Waals surface area contributed by atoms with Gasteiger partial charge in [-0.05, 0) is 36.6 Å². The molecule has 1 aliphatic heterocycles. The van der Waals surface area contributed by atoms with E-state index in [9.17, 15) is 12.8 Å². The highest BCUT2D eigenvalue weighted by molar-refractivity contribution is 7.88. The molecule has 0 saturated carbocycles. The van der Waals surface area contributed by atoms with E-state index in [-0.39, 0.29) is 5.82 Å². The molecule has 0 aromatic heterocycles. The maximum Gasteiger partial charge on any atom is 0.208 e. The average molecular weight is 312 g/mol. The van der Waals surface area contributed by atoms with Gasteiger partial charge in [-0.3, -0.25) is 4.90 Å². The lowest BCUT2D eigenvalue weighted by Gasteiger charge is -2.13. The first kappa shape index (κ1) is 16.1. The maximum atomic E-state index is 12.8. The first-order valence-electron chi connectivity index (χ1n) is 7.01. The molecule has 1 aromatic carbocycles. The molecule has 21 heavy (non-hydrogen) atoms. The van der Waals surface area contributed by atoms with Crippen molar-refractivity contribution in [2.75, 3.05) is 32.4 Å². The van der Waals surface area contributed by atoms with Crippen molar-refractivity contribution in [2.45, 2.75) is 6.42 Å². The summed E-state index contributed by atoms with van der Waals surface area (Å²) in [5.74, 6) is 0.145. The Morgan fingerprint density at radius 3 is 2.76 bits per heavy atom. The van der Waals surface area contributed by atoms with Crippen LogP contribution in [0.2, 0.25) is 0 Å². The second kappa shape index (κ2) is 7.15. The highest BCUT2D eigenvalue weighted by Gasteiger charge is 2.22. The third-order valence-electron chi connectivity index (χ3n) is 3.55. The van der Waals surface area contributed by atoms with Gasteiger partial charge in [-0.2, -0.15) is 0 Å². The van der Waals surface area contributed by atoms with Gasteiger partial charge in [0.1, 0.15) is 5.82 Å². The fourth-order valence-corrected chi connectivity index (χ4v) is 2.96. The van der Waals surface area contributed by atoms with Crippen molar-refractivity contribution in [1.29, 1.82) is 0 Å². The van der Waals surface area contributed by atoms with Gasteiger partial charge in [0.25, 0.3) is 0 Å². The van der Waals surface area contributed by atoms with Crippen molar-refractivity contribution in [3.05, 3.63) is 41.7 Å². The molecule has 1 fully saturated rings. The summed E-state index contributed by atoms with van der Waals surface area (Å²) in [6.07, 6.45) is 6.22. The van der Waals surface area contributed by atoms with E-state index in [0.717, 1.165) is 31.6 Å². The molecular formula is C15H21FN2O2S. The lowest BCUT2D eigenvalue weighted by atomic mass is 10.1. The quantitative estimate of drug-likeness (QED) is 0.870. The van der Waals surface area contributed by atoms with E-state index in [0.29, 0.717) is 12.5 Å². The molecular weight excluding hydrogens is 291 g/mol. The second-order valence-electron chi connectivity index (χ2n) is 5.49. The van der Waals surface area contributed by atoms with Crippen LogP contribution in [-0.2, 0) is 10.0 Å². The molecule has 1 aliphatic rings. The van der Waals surface area contributed by atoms with Crippen LogP contribution < -0.4 is 4.72 Å². The van der Waals surface area contributed by atoms with Crippen molar-refractivity contribution in [3.8, 4) is 0 Å². The molecule has 1 N–H and O–H groups in total. The van der Waals surface area contributed by atoms with Crippen LogP contribution in [-0.4, -0.2) is 45.8 Å². The first-order chi connectivity index (χ1) is 9.92. The minimum absolute atomic E-state index is 0.229. The van der Waals surface area contributed by atoms with E-state index in [2.05, 4.69) is 15.7 Å². The average Bonchev–Trinajstić information content (AvgIpc) is 2.86. The minimum atomic E-state index is -3.10. The summed E-state index contributed by atoms with van der Waals surface area (Å²) in [7, 11) is -3.10. The number of halogens is 1. The Morgan fingerprint density at radius 1 is 1.38 bits per heavy atom. The van der Waals surface area contributed by atoms with E-state index in [1.54, 1.807) is 12.1 Å². The van der Waals surface area contributed by atoms with Crippen molar-refractivity contribution in [1.82, 2.24) is 9.62 Å². The van der Waals surface area contributed by atoms with E-state index >= 15 is 0 Å². The molecule has 1 atom stereocenters. The fraction of sp³-hybridized carbons (Fsp3) is 0.467. The third-order valence-corrected chi connectivity index (χ3v) is 4.24. The van der Waals surface area contributed by atoms with Gasteiger partial charge in [-0.1, -0.05) is 24.3 Å². The van der Waals surface area contributed by atoms with Crippen LogP contribution in [0, 0.1) is 11.7 Å². The molecule has 4 nitrogen and oxygen atoms in total. The highest BCUT2D eigenvalue weighted by Crippen LogP contribution is 2.15. The monoisotopic (exact) mass is 312 g/mol. The molecule has 0 spiro atoms. The zero-order valence-electron chi connectivity index (χ0n) is 12.1. The largest absolute Gasteiger partial charge is 0.299 e. The van der Waals surface area contributed by atoms with Crippen molar-refractivity contribution in [2.24, 2.45) is 5.92 Å². The second-order valence-corrected chi connectivity index (χ2v) is 7.32. The standard InChI is InChI=1S/C15H21FN2O2S/c1-21(19,20)17-11-14-8-10-18(12-14)9-2-3-13-4-6-15(16)7-5-13/h2-7,14,17H,8-12H2,1H3. The topological polar surface area (TPSA) is 49.4 Å². The molecule has 0 radical (unpaired) electrons. The highest BCUT2D eigenvalue weighted by atomic mass is 32.2. The first-order valence-corrected chi connectivity index (χ1v) is 8.90. The summed E-state index contributed by atoms with van der Waals surface area (Å²) in [6, 6.07) is 6.38. The number of sulfonamides is 1. The van der Waals surface area contributed by atoms with Gasteiger partial charge in [0.15, 0.2) is 0 Å². The molecule has 0 aliphatic carbocycles. The fourth-order valence-electron chi connectivity index (χ4n) is 2.43. The Morgan fingerprint density at radius 2 is 2.10 bits per heavy atom. The van der Waals surface area contributed by atoms with E-state index in [1.165, 1.54) is 18.4 Å². The van der Waals surface area contributed by atoms with E-state index in [1.807, 2.05) is 6.08 Å². The Hall–Kier alpha value is -1.24. The molecule has 1 saturated heterocycles. The lowest BCUT2D eigenvalue weighted by molar-refractivity contribution is 0.359.